The van der Waals surface area contributed by atoms with E-state index in [4.69, 9.17) is 25.5 Å². The van der Waals surface area contributed by atoms with Crippen molar-refractivity contribution in [2.24, 2.45) is 0 Å². The van der Waals surface area contributed by atoms with Crippen LogP contribution in [0.15, 0.2) is 76.2 Å². The number of methoxy groups -OCH3 is 2. The number of sulfonamides is 1. The largest absolute Gasteiger partial charge is 0.497 e. The Morgan fingerprint density at radius 3 is 2.37 bits per heavy atom. The highest BCUT2D eigenvalue weighted by Gasteiger charge is 2.63. The van der Waals surface area contributed by atoms with Crippen molar-refractivity contribution in [3.05, 3.63) is 100 Å². The number of likely N-dealkylation sites (tertiary alicyclic amines) is 1. The van der Waals surface area contributed by atoms with Crippen molar-refractivity contribution in [1.82, 2.24) is 19.7 Å². The Balaban J connectivity index is 1.42. The van der Waals surface area contributed by atoms with Crippen LogP contribution >= 0.6 is 11.6 Å². The van der Waals surface area contributed by atoms with E-state index in [1.165, 1.54) is 19.2 Å². The number of hydrogen-bond acceptors (Lipinski definition) is 11. The molecule has 0 aliphatic carbocycles. The maximum Gasteiger partial charge on any atom is 0.271 e. The fourth-order valence-electron chi connectivity index (χ4n) is 7.79. The summed E-state index contributed by atoms with van der Waals surface area (Å²) in [6.45, 7) is 6.93. The van der Waals surface area contributed by atoms with E-state index in [2.05, 4.69) is 14.8 Å². The molecule has 0 saturated carbocycles. The second-order valence-corrected chi connectivity index (χ2v) is 15.4. The number of carbonyl (C=O) groups excluding carboxylic acids is 1. The summed E-state index contributed by atoms with van der Waals surface area (Å²) in [5.41, 5.74) is 0.404. The van der Waals surface area contributed by atoms with Gasteiger partial charge in [-0.1, -0.05) is 17.7 Å². The lowest BCUT2D eigenvalue weighted by Gasteiger charge is -2.41. The van der Waals surface area contributed by atoms with Gasteiger partial charge in [0.1, 0.15) is 17.3 Å². The van der Waals surface area contributed by atoms with Gasteiger partial charge in [0, 0.05) is 62.0 Å². The fourth-order valence-corrected chi connectivity index (χ4v) is 9.42. The summed E-state index contributed by atoms with van der Waals surface area (Å²) in [6.07, 6.45) is 3.00. The van der Waals surface area contributed by atoms with E-state index in [1.807, 2.05) is 30.0 Å². The van der Waals surface area contributed by atoms with Crippen LogP contribution in [0.3, 0.4) is 0 Å². The average Bonchev–Trinajstić information content (AvgIpc) is 3.85. The number of benzene rings is 3. The topological polar surface area (TPSA) is 129 Å². The summed E-state index contributed by atoms with van der Waals surface area (Å²) >= 11 is 6.73. The number of fused-ring (bicyclic) bond motifs is 1. The first kappa shape index (κ1) is 35.4. The zero-order valence-corrected chi connectivity index (χ0v) is 30.5. The van der Waals surface area contributed by atoms with E-state index in [-0.39, 0.29) is 17.2 Å². The minimum absolute atomic E-state index is 0.0595. The van der Waals surface area contributed by atoms with Gasteiger partial charge in [-0.05, 0) is 79.9 Å². The van der Waals surface area contributed by atoms with Gasteiger partial charge >= 0.3 is 0 Å². The number of anilines is 1. The van der Waals surface area contributed by atoms with Gasteiger partial charge in [-0.2, -0.15) is 0 Å². The summed E-state index contributed by atoms with van der Waals surface area (Å²) in [6, 6.07) is 16.2. The van der Waals surface area contributed by atoms with Crippen molar-refractivity contribution < 1.29 is 32.2 Å². The molecule has 0 bridgehead atoms. The molecule has 1 aromatic heterocycles. The van der Waals surface area contributed by atoms with E-state index < -0.39 is 27.5 Å². The first-order valence-electron chi connectivity index (χ1n) is 17.1. The van der Waals surface area contributed by atoms with Gasteiger partial charge < -0.3 is 19.0 Å². The number of β-amino-alcohol motifs (C(OH)–C–C–N with tert-alkyl or cyclic N) is 1. The number of aliphatic hydroxyl groups is 1. The number of hydrogen-bond donors (Lipinski definition) is 1. The van der Waals surface area contributed by atoms with Crippen molar-refractivity contribution in [3.8, 4) is 11.5 Å². The molecule has 2 atom stereocenters. The molecule has 7 rings (SSSR count). The fraction of sp³-hybridized carbons (Fsp3) is 0.405. The van der Waals surface area contributed by atoms with Gasteiger partial charge in [-0.3, -0.25) is 19.5 Å². The van der Waals surface area contributed by atoms with Crippen LogP contribution in [0.1, 0.15) is 47.2 Å². The number of carbonyl (C=O) groups is 1. The van der Waals surface area contributed by atoms with E-state index in [9.17, 15) is 13.5 Å². The minimum Gasteiger partial charge on any atom is -0.497 e. The molecule has 2 fully saturated rings. The molecule has 4 aromatic rings. The minimum atomic E-state index is -4.44. The lowest BCUT2D eigenvalue weighted by Crippen LogP contribution is -2.54. The lowest BCUT2D eigenvalue weighted by atomic mass is 9.80. The van der Waals surface area contributed by atoms with Crippen molar-refractivity contribution in [2.75, 3.05) is 64.4 Å². The molecule has 0 spiro atoms. The molecule has 3 aromatic carbocycles. The quantitative estimate of drug-likeness (QED) is 0.233. The Morgan fingerprint density at radius 2 is 1.71 bits per heavy atom. The second kappa shape index (κ2) is 14.2. The Hall–Kier alpha value is -3.98. The number of nitrogens with zero attached hydrogens (tertiary/aromatic N) is 5. The number of aryl methyl sites for hydroxylation is 1. The number of rotatable bonds is 11. The van der Waals surface area contributed by atoms with Crippen molar-refractivity contribution in [2.45, 2.75) is 42.8 Å². The standard InChI is InChI=1S/C37H42ClN5O7S/c1-25-23-39-35(50-25)33-5-4-14-42(33)37(31-21-26(6-13-34(31)49-3)24-41-17-15-40(16-18-41)19-20-44)30-22-27(38)7-12-32(30)43(36(37)45)51(46,47)29-10-8-28(48-2)9-11-29/h6-13,21-23,33,44H,4-5,14-20,24H2,1-3H3/t33-,37?/m0/s1. The first-order valence-corrected chi connectivity index (χ1v) is 18.9. The molecular weight excluding hydrogens is 694 g/mol. The third-order valence-corrected chi connectivity index (χ3v) is 12.2. The molecule has 270 valence electrons. The summed E-state index contributed by atoms with van der Waals surface area (Å²) in [5.74, 6) is 1.34. The van der Waals surface area contributed by atoms with Gasteiger partial charge in [0.05, 0.1) is 43.6 Å². The molecule has 0 radical (unpaired) electrons. The smallest absolute Gasteiger partial charge is 0.271 e. The van der Waals surface area contributed by atoms with Crippen LogP contribution in [0.25, 0.3) is 0 Å². The molecule has 2 saturated heterocycles. The van der Waals surface area contributed by atoms with Crippen LogP contribution in [0, 0.1) is 6.92 Å². The van der Waals surface area contributed by atoms with Crippen LogP contribution in [0.2, 0.25) is 5.02 Å². The van der Waals surface area contributed by atoms with Crippen molar-refractivity contribution in [1.29, 1.82) is 0 Å². The molecule has 1 amide bonds. The number of aliphatic hydroxyl groups excluding tert-OH is 1. The molecule has 12 nitrogen and oxygen atoms in total. The Kier molecular flexibility index (Phi) is 9.87. The lowest BCUT2D eigenvalue weighted by molar-refractivity contribution is -0.127. The number of aromatic nitrogens is 1. The summed E-state index contributed by atoms with van der Waals surface area (Å²) in [4.78, 5) is 26.8. The molecule has 51 heavy (non-hydrogen) atoms. The highest BCUT2D eigenvalue weighted by molar-refractivity contribution is 7.93. The predicted molar refractivity (Wildman–Crippen MR) is 192 cm³/mol. The first-order chi connectivity index (χ1) is 24.6. The molecule has 3 aliphatic rings. The number of halogens is 1. The number of oxazole rings is 1. The zero-order valence-electron chi connectivity index (χ0n) is 28.9. The number of amides is 1. The molecule has 4 heterocycles. The maximum absolute atomic E-state index is 15.7. The van der Waals surface area contributed by atoms with Crippen LogP contribution in [-0.2, 0) is 26.9 Å². The van der Waals surface area contributed by atoms with Gasteiger partial charge in [0.15, 0.2) is 5.54 Å². The molecule has 14 heteroatoms. The molecule has 1 N–H and O–H groups in total. The Morgan fingerprint density at radius 1 is 0.961 bits per heavy atom. The highest BCUT2D eigenvalue weighted by atomic mass is 35.5. The van der Waals surface area contributed by atoms with Crippen molar-refractivity contribution >= 4 is 33.2 Å². The second-order valence-electron chi connectivity index (χ2n) is 13.2. The molecule has 3 aliphatic heterocycles. The predicted octanol–water partition coefficient (Wildman–Crippen LogP) is 4.58. The monoisotopic (exact) mass is 735 g/mol. The Bertz CT molecular complexity index is 2020. The van der Waals surface area contributed by atoms with Gasteiger partial charge in [-0.15, -0.1) is 0 Å². The van der Waals surface area contributed by atoms with Crippen molar-refractivity contribution in [3.63, 3.8) is 0 Å². The molecule has 1 unspecified atom stereocenters. The summed E-state index contributed by atoms with van der Waals surface area (Å²) < 4.78 is 47.6. The van der Waals surface area contributed by atoms with Crippen LogP contribution in [0.4, 0.5) is 5.69 Å². The normalized spacial score (nSPS) is 21.7. The van der Waals surface area contributed by atoms with Gasteiger partial charge in [0.25, 0.3) is 15.9 Å². The van der Waals surface area contributed by atoms with Gasteiger partial charge in [0.2, 0.25) is 5.89 Å². The van der Waals surface area contributed by atoms with Crippen LogP contribution in [-0.4, -0.2) is 99.2 Å². The number of ether oxygens (including phenoxy) is 2. The van der Waals surface area contributed by atoms with E-state index >= 15 is 4.79 Å². The summed E-state index contributed by atoms with van der Waals surface area (Å²) in [7, 11) is -1.39. The Labute approximate surface area is 303 Å². The molecular formula is C37H42ClN5O7S. The highest BCUT2D eigenvalue weighted by Crippen LogP contribution is 2.57. The summed E-state index contributed by atoms with van der Waals surface area (Å²) in [5, 5.41) is 9.77. The van der Waals surface area contributed by atoms with Crippen LogP contribution < -0.4 is 13.8 Å². The van der Waals surface area contributed by atoms with Crippen LogP contribution in [0.5, 0.6) is 11.5 Å². The number of piperazine rings is 1. The maximum atomic E-state index is 15.7. The van der Waals surface area contributed by atoms with E-state index in [0.717, 1.165) is 36.0 Å². The van der Waals surface area contributed by atoms with E-state index in [0.29, 0.717) is 71.8 Å². The average molecular weight is 736 g/mol. The third-order valence-electron chi connectivity index (χ3n) is 10.2. The van der Waals surface area contributed by atoms with E-state index in [1.54, 1.807) is 43.6 Å². The zero-order chi connectivity index (χ0) is 35.9. The SMILES string of the molecule is COc1ccc(S(=O)(=O)N2C(=O)C(c3cc(CN4CCN(CCO)CC4)ccc3OC)(N3CCC[C@H]3c3ncc(C)o3)c3cc(Cl)ccc32)cc1. The van der Waals surface area contributed by atoms with Gasteiger partial charge in [-0.25, -0.2) is 17.7 Å². The third kappa shape index (κ3) is 6.19.